The smallest absolute Gasteiger partial charge is 0.163 e. The Morgan fingerprint density at radius 3 is 2.38 bits per heavy atom. The number of nitrogens with zero attached hydrogens (tertiary/aromatic N) is 2. The number of hydrogen-bond acceptors (Lipinski definition) is 3. The zero-order chi connectivity index (χ0) is 15.0. The molecule has 0 amide bonds. The van der Waals surface area contributed by atoms with Crippen molar-refractivity contribution in [1.82, 2.24) is 9.55 Å². The van der Waals surface area contributed by atoms with Crippen molar-refractivity contribution in [2.45, 2.75) is 44.0 Å². The Morgan fingerprint density at radius 1 is 1.19 bits per heavy atom. The van der Waals surface area contributed by atoms with Gasteiger partial charge in [0.15, 0.2) is 11.5 Å². The summed E-state index contributed by atoms with van der Waals surface area (Å²) in [6, 6.07) is 4.44. The lowest BCUT2D eigenvalue weighted by molar-refractivity contribution is 0.355. The molecule has 5 heteroatoms. The Kier molecular flexibility index (Phi) is 3.98. The molecule has 0 bridgehead atoms. The predicted octanol–water partition coefficient (Wildman–Crippen LogP) is 4.47. The fourth-order valence-corrected chi connectivity index (χ4v) is 3.42. The summed E-state index contributed by atoms with van der Waals surface area (Å²) in [6.07, 6.45) is 4.92. The molecule has 1 atom stereocenters. The molecule has 21 heavy (non-hydrogen) atoms. The molecule has 114 valence electrons. The largest absolute Gasteiger partial charge is 0.493 e. The molecule has 0 radical (unpaired) electrons. The van der Waals surface area contributed by atoms with Gasteiger partial charge in [0, 0.05) is 18.2 Å². The Balaban J connectivity index is 2.23. The lowest BCUT2D eigenvalue weighted by Crippen LogP contribution is -2.09. The molecule has 1 saturated carbocycles. The first-order valence-electron chi connectivity index (χ1n) is 7.43. The van der Waals surface area contributed by atoms with Crippen molar-refractivity contribution in [2.24, 2.45) is 0 Å². The van der Waals surface area contributed by atoms with E-state index in [1.807, 2.05) is 19.1 Å². The second-order valence-electron chi connectivity index (χ2n) is 5.59. The number of aromatic nitrogens is 2. The monoisotopic (exact) mass is 308 g/mol. The zero-order valence-corrected chi connectivity index (χ0v) is 13.5. The molecule has 1 fully saturated rings. The van der Waals surface area contributed by atoms with Crippen LogP contribution in [0, 0.1) is 0 Å². The van der Waals surface area contributed by atoms with Gasteiger partial charge in [0.05, 0.1) is 30.6 Å². The lowest BCUT2D eigenvalue weighted by Gasteiger charge is -2.18. The molecule has 2 aromatic rings. The van der Waals surface area contributed by atoms with Gasteiger partial charge in [-0.15, -0.1) is 11.6 Å². The van der Waals surface area contributed by atoms with Gasteiger partial charge in [-0.2, -0.15) is 0 Å². The van der Waals surface area contributed by atoms with E-state index < -0.39 is 0 Å². The first-order chi connectivity index (χ1) is 10.2. The van der Waals surface area contributed by atoms with Gasteiger partial charge in [-0.3, -0.25) is 0 Å². The molecule has 1 aromatic heterocycles. The Labute approximate surface area is 130 Å². The minimum absolute atomic E-state index is 0.116. The maximum atomic E-state index is 6.36. The fraction of sp³-hybridized carbons (Fsp3) is 0.562. The molecule has 1 aromatic carbocycles. The van der Waals surface area contributed by atoms with Gasteiger partial charge in [-0.25, -0.2) is 4.98 Å². The fourth-order valence-electron chi connectivity index (χ4n) is 3.27. The van der Waals surface area contributed by atoms with Gasteiger partial charge in [-0.05, 0) is 19.8 Å². The van der Waals surface area contributed by atoms with Gasteiger partial charge < -0.3 is 14.0 Å². The molecule has 0 N–H and O–H groups in total. The minimum atomic E-state index is -0.116. The number of imidazole rings is 1. The molecular formula is C16H21ClN2O2. The van der Waals surface area contributed by atoms with Gasteiger partial charge in [0.1, 0.15) is 5.82 Å². The van der Waals surface area contributed by atoms with Crippen molar-refractivity contribution in [3.05, 3.63) is 18.0 Å². The van der Waals surface area contributed by atoms with Crippen LogP contribution < -0.4 is 9.47 Å². The van der Waals surface area contributed by atoms with E-state index in [1.165, 1.54) is 25.7 Å². The molecule has 1 aliphatic rings. The number of rotatable bonds is 4. The summed E-state index contributed by atoms with van der Waals surface area (Å²) < 4.78 is 13.1. The Hall–Kier alpha value is -1.42. The van der Waals surface area contributed by atoms with Crippen molar-refractivity contribution in [3.8, 4) is 11.5 Å². The summed E-state index contributed by atoms with van der Waals surface area (Å²) in [6.45, 7) is 1.97. The molecule has 1 heterocycles. The van der Waals surface area contributed by atoms with E-state index >= 15 is 0 Å². The van der Waals surface area contributed by atoms with Crippen molar-refractivity contribution in [2.75, 3.05) is 14.2 Å². The van der Waals surface area contributed by atoms with Crippen molar-refractivity contribution < 1.29 is 9.47 Å². The van der Waals surface area contributed by atoms with Crippen LogP contribution in [0.3, 0.4) is 0 Å². The second-order valence-corrected chi connectivity index (χ2v) is 6.24. The van der Waals surface area contributed by atoms with Gasteiger partial charge >= 0.3 is 0 Å². The average molecular weight is 309 g/mol. The Morgan fingerprint density at radius 2 is 1.81 bits per heavy atom. The summed E-state index contributed by atoms with van der Waals surface area (Å²) in [5.41, 5.74) is 2.00. The zero-order valence-electron chi connectivity index (χ0n) is 12.7. The maximum absolute atomic E-state index is 6.36. The van der Waals surface area contributed by atoms with E-state index in [4.69, 9.17) is 26.1 Å². The van der Waals surface area contributed by atoms with Crippen molar-refractivity contribution >= 4 is 22.6 Å². The number of halogens is 1. The van der Waals surface area contributed by atoms with Crippen LogP contribution in [0.4, 0.5) is 0 Å². The summed E-state index contributed by atoms with van der Waals surface area (Å²) in [4.78, 5) is 4.74. The summed E-state index contributed by atoms with van der Waals surface area (Å²) in [5.74, 6) is 2.38. The van der Waals surface area contributed by atoms with Crippen LogP contribution in [-0.4, -0.2) is 23.8 Å². The average Bonchev–Trinajstić information content (AvgIpc) is 3.11. The highest BCUT2D eigenvalue weighted by Gasteiger charge is 2.25. The molecule has 4 nitrogen and oxygen atoms in total. The molecule has 1 unspecified atom stereocenters. The topological polar surface area (TPSA) is 36.3 Å². The van der Waals surface area contributed by atoms with E-state index in [1.54, 1.807) is 14.2 Å². The second kappa shape index (κ2) is 5.76. The number of hydrogen-bond donors (Lipinski definition) is 0. The van der Waals surface area contributed by atoms with Crippen LogP contribution in [0.25, 0.3) is 11.0 Å². The number of ether oxygens (including phenoxy) is 2. The van der Waals surface area contributed by atoms with Crippen LogP contribution in [0.2, 0.25) is 0 Å². The van der Waals surface area contributed by atoms with Gasteiger partial charge in [-0.1, -0.05) is 12.8 Å². The number of fused-ring (bicyclic) bond motifs is 1. The molecular weight excluding hydrogens is 288 g/mol. The summed E-state index contributed by atoms with van der Waals surface area (Å²) in [7, 11) is 3.30. The summed E-state index contributed by atoms with van der Waals surface area (Å²) in [5, 5.41) is -0.116. The van der Waals surface area contributed by atoms with E-state index in [9.17, 15) is 0 Å². The normalized spacial score (nSPS) is 17.3. The van der Waals surface area contributed by atoms with Crippen LogP contribution >= 0.6 is 11.6 Å². The number of alkyl halides is 1. The van der Waals surface area contributed by atoms with E-state index in [2.05, 4.69) is 4.57 Å². The third-order valence-electron chi connectivity index (χ3n) is 4.27. The number of benzene rings is 1. The van der Waals surface area contributed by atoms with Crippen LogP contribution in [0.1, 0.15) is 49.9 Å². The third-order valence-corrected chi connectivity index (χ3v) is 4.46. The molecule has 0 spiro atoms. The predicted molar refractivity (Wildman–Crippen MR) is 84.6 cm³/mol. The molecule has 1 aliphatic carbocycles. The highest BCUT2D eigenvalue weighted by atomic mass is 35.5. The molecule has 0 aliphatic heterocycles. The first kappa shape index (κ1) is 14.5. The van der Waals surface area contributed by atoms with Crippen molar-refractivity contribution in [3.63, 3.8) is 0 Å². The quantitative estimate of drug-likeness (QED) is 0.782. The van der Waals surface area contributed by atoms with Crippen molar-refractivity contribution in [1.29, 1.82) is 0 Å². The Bertz CT molecular complexity index is 645. The molecule has 0 saturated heterocycles. The van der Waals surface area contributed by atoms with E-state index in [0.717, 1.165) is 22.6 Å². The van der Waals surface area contributed by atoms with Crippen LogP contribution in [0.15, 0.2) is 12.1 Å². The highest BCUT2D eigenvalue weighted by Crippen LogP contribution is 2.39. The standard InChI is InChI=1S/C16H21ClN2O2/c1-10(17)16-18-12-8-14(20-2)15(21-3)9-13(12)19(16)11-6-4-5-7-11/h8-11H,4-7H2,1-3H3. The first-order valence-corrected chi connectivity index (χ1v) is 7.87. The van der Waals surface area contributed by atoms with Crippen LogP contribution in [-0.2, 0) is 0 Å². The van der Waals surface area contributed by atoms with E-state index in [0.29, 0.717) is 11.8 Å². The van der Waals surface area contributed by atoms with Gasteiger partial charge in [0.2, 0.25) is 0 Å². The highest BCUT2D eigenvalue weighted by molar-refractivity contribution is 6.20. The van der Waals surface area contributed by atoms with Gasteiger partial charge in [0.25, 0.3) is 0 Å². The molecule has 3 rings (SSSR count). The maximum Gasteiger partial charge on any atom is 0.163 e. The third kappa shape index (κ3) is 2.46. The minimum Gasteiger partial charge on any atom is -0.493 e. The lowest BCUT2D eigenvalue weighted by atomic mass is 10.2. The summed E-state index contributed by atoms with van der Waals surface area (Å²) >= 11 is 6.36. The van der Waals surface area contributed by atoms with Crippen LogP contribution in [0.5, 0.6) is 11.5 Å². The van der Waals surface area contributed by atoms with E-state index in [-0.39, 0.29) is 5.38 Å². The number of methoxy groups -OCH3 is 2. The SMILES string of the molecule is COc1cc2nc(C(C)Cl)n(C3CCCC3)c2cc1OC.